The molecule has 0 saturated heterocycles. The van der Waals surface area contributed by atoms with E-state index in [-0.39, 0.29) is 5.41 Å². The molecule has 0 radical (unpaired) electrons. The number of rotatable bonds is 3. The van der Waals surface area contributed by atoms with Gasteiger partial charge in [0.25, 0.3) is 0 Å². The maximum absolute atomic E-state index is 4.24. The first kappa shape index (κ1) is 32.9. The molecule has 2 heteroatoms. The zero-order valence-electron chi connectivity index (χ0n) is 31.5. The smallest absolute Gasteiger partial charge is 0.0541 e. The second-order valence-corrected chi connectivity index (χ2v) is 16.9. The van der Waals surface area contributed by atoms with Crippen molar-refractivity contribution in [3.05, 3.63) is 205 Å². The van der Waals surface area contributed by atoms with Gasteiger partial charge in [0, 0.05) is 42.0 Å². The highest BCUT2D eigenvalue weighted by molar-refractivity contribution is 7.25. The minimum absolute atomic E-state index is 0.165. The first-order valence-electron chi connectivity index (χ1n) is 19.5. The number of aromatic nitrogens is 1. The van der Waals surface area contributed by atoms with Gasteiger partial charge in [0.1, 0.15) is 0 Å². The van der Waals surface area contributed by atoms with E-state index in [9.17, 15) is 0 Å². The van der Waals surface area contributed by atoms with E-state index >= 15 is 0 Å². The zero-order valence-corrected chi connectivity index (χ0v) is 32.3. The van der Waals surface area contributed by atoms with E-state index in [1.807, 2.05) is 11.3 Å². The van der Waals surface area contributed by atoms with Crippen LogP contribution in [-0.4, -0.2) is 4.57 Å². The fourth-order valence-electron chi connectivity index (χ4n) is 9.34. The van der Waals surface area contributed by atoms with Crippen molar-refractivity contribution < 1.29 is 0 Å². The van der Waals surface area contributed by atoms with Crippen LogP contribution in [0.2, 0.25) is 0 Å². The van der Waals surface area contributed by atoms with E-state index < -0.39 is 0 Å². The average molecular weight is 734 g/mol. The lowest BCUT2D eigenvalue weighted by Gasteiger charge is -2.23. The van der Waals surface area contributed by atoms with Gasteiger partial charge in [0.15, 0.2) is 0 Å². The third kappa shape index (κ3) is 5.06. The third-order valence-electron chi connectivity index (χ3n) is 12.1. The van der Waals surface area contributed by atoms with E-state index in [0.29, 0.717) is 0 Å². The summed E-state index contributed by atoms with van der Waals surface area (Å²) in [6.45, 7) is 9.07. The van der Waals surface area contributed by atoms with Crippen LogP contribution >= 0.6 is 11.3 Å². The van der Waals surface area contributed by atoms with Crippen LogP contribution in [0.5, 0.6) is 0 Å². The van der Waals surface area contributed by atoms with E-state index in [0.717, 1.165) is 12.0 Å². The number of hydrogen-bond acceptors (Lipinski definition) is 1. The second kappa shape index (κ2) is 12.5. The van der Waals surface area contributed by atoms with Crippen molar-refractivity contribution in [1.29, 1.82) is 0 Å². The molecule has 2 aliphatic carbocycles. The Balaban J connectivity index is 1.12. The molecule has 7 aromatic carbocycles. The topological polar surface area (TPSA) is 4.93 Å². The molecule has 1 nitrogen and oxygen atoms in total. The Morgan fingerprint density at radius 3 is 2.20 bits per heavy atom. The molecule has 0 atom stereocenters. The molecule has 2 aliphatic rings. The van der Waals surface area contributed by atoms with Crippen molar-refractivity contribution in [1.82, 2.24) is 4.57 Å². The summed E-state index contributed by atoms with van der Waals surface area (Å²) >= 11 is 1.90. The summed E-state index contributed by atoms with van der Waals surface area (Å²) in [4.78, 5) is 0. The summed E-state index contributed by atoms with van der Waals surface area (Å²) in [5.41, 5.74) is 14.8. The first-order valence-corrected chi connectivity index (χ1v) is 20.3. The van der Waals surface area contributed by atoms with Gasteiger partial charge in [-0.2, -0.15) is 0 Å². The summed E-state index contributed by atoms with van der Waals surface area (Å²) in [5, 5.41) is 7.78. The van der Waals surface area contributed by atoms with Crippen LogP contribution in [0.15, 0.2) is 188 Å². The Bertz CT molecular complexity index is 3260. The van der Waals surface area contributed by atoms with Crippen LogP contribution in [0, 0.1) is 0 Å². The van der Waals surface area contributed by atoms with Gasteiger partial charge in [0.2, 0.25) is 0 Å². The Morgan fingerprint density at radius 2 is 1.32 bits per heavy atom. The summed E-state index contributed by atoms with van der Waals surface area (Å²) < 4.78 is 5.20. The Labute approximate surface area is 331 Å². The van der Waals surface area contributed by atoms with Crippen LogP contribution in [0.3, 0.4) is 0 Å². The number of hydrogen-bond donors (Lipinski definition) is 0. The van der Waals surface area contributed by atoms with Gasteiger partial charge < -0.3 is 4.57 Å². The van der Waals surface area contributed by atoms with E-state index in [2.05, 4.69) is 201 Å². The molecule has 0 fully saturated rings. The van der Waals surface area contributed by atoms with Gasteiger partial charge in [-0.15, -0.1) is 11.3 Å². The lowest BCUT2D eigenvalue weighted by atomic mass is 9.80. The molecule has 9 aromatic rings. The molecule has 0 unspecified atom stereocenters. The SMILES string of the molecule is C=C1/C=C\C=C/C/C=C(c2ccc3c(c2)c2cc(-c4ccc5ccccc5c4)ccc2n3-c2ccc3c(c2)C(C)(C)c2c-3ccc3sc4ccccc4c23)\C=C/1. The monoisotopic (exact) mass is 733 g/mol. The molecule has 11 rings (SSSR count). The van der Waals surface area contributed by atoms with Crippen LogP contribution in [0.4, 0.5) is 0 Å². The third-order valence-corrected chi connectivity index (χ3v) is 13.2. The van der Waals surface area contributed by atoms with Crippen LogP contribution in [-0.2, 0) is 5.41 Å². The van der Waals surface area contributed by atoms with Crippen molar-refractivity contribution in [2.75, 3.05) is 0 Å². The standard InChI is InChI=1S/C54H39NS/c1-34-12-6-4-5-7-13-35(19-18-34)39-22-27-48-45(31-39)46-32-40(38-21-20-36-14-8-9-15-37(36)30-38)23-28-49(46)55(48)41-24-25-42-43-26-29-51-52(44-16-10-11-17-50(44)56-51)53(43)54(2,3)47(42)33-41/h4-6,8-33H,1,7H2,2-3H3/b5-4-,12-6-,19-18-,35-13+. The van der Waals surface area contributed by atoms with Crippen LogP contribution in [0.1, 0.15) is 37.0 Å². The molecule has 0 saturated carbocycles. The molecule has 2 heterocycles. The number of nitrogens with zero attached hydrogens (tertiary/aromatic N) is 1. The molecule has 0 amide bonds. The average Bonchev–Trinajstić information content (AvgIpc) is 3.84. The predicted octanol–water partition coefficient (Wildman–Crippen LogP) is 15.3. The van der Waals surface area contributed by atoms with E-state index in [4.69, 9.17) is 0 Å². The van der Waals surface area contributed by atoms with E-state index in [1.54, 1.807) is 0 Å². The molecular formula is C54H39NS. The summed E-state index contributed by atoms with van der Waals surface area (Å²) in [6.07, 6.45) is 15.9. The summed E-state index contributed by atoms with van der Waals surface area (Å²) in [5.74, 6) is 0. The molecule has 0 spiro atoms. The highest BCUT2D eigenvalue weighted by Gasteiger charge is 2.38. The largest absolute Gasteiger partial charge is 0.309 e. The molecule has 2 aromatic heterocycles. The van der Waals surface area contributed by atoms with E-state index in [1.165, 1.54) is 103 Å². The highest BCUT2D eigenvalue weighted by Crippen LogP contribution is 2.54. The molecular weight excluding hydrogens is 695 g/mol. The van der Waals surface area contributed by atoms with Crippen molar-refractivity contribution in [2.24, 2.45) is 0 Å². The fraction of sp³-hybridized carbons (Fsp3) is 0.0741. The zero-order chi connectivity index (χ0) is 37.5. The summed E-state index contributed by atoms with van der Waals surface area (Å²) in [7, 11) is 0. The lowest BCUT2D eigenvalue weighted by Crippen LogP contribution is -2.15. The summed E-state index contributed by atoms with van der Waals surface area (Å²) in [6, 6.07) is 50.2. The number of benzene rings is 7. The number of thiophene rings is 1. The normalized spacial score (nSPS) is 17.6. The van der Waals surface area contributed by atoms with Crippen LogP contribution in [0.25, 0.3) is 86.3 Å². The van der Waals surface area contributed by atoms with Gasteiger partial charge in [0.05, 0.1) is 11.0 Å². The molecule has 0 aliphatic heterocycles. The van der Waals surface area contributed by atoms with Crippen LogP contribution < -0.4 is 0 Å². The highest BCUT2D eigenvalue weighted by atomic mass is 32.1. The van der Waals surface area contributed by atoms with Crippen molar-refractivity contribution in [3.63, 3.8) is 0 Å². The van der Waals surface area contributed by atoms with Gasteiger partial charge in [-0.3, -0.25) is 0 Å². The Morgan fingerprint density at radius 1 is 0.589 bits per heavy atom. The maximum atomic E-state index is 4.24. The molecule has 0 bridgehead atoms. The van der Waals surface area contributed by atoms with Crippen molar-refractivity contribution in [3.8, 4) is 27.9 Å². The Hall–Kier alpha value is -6.48. The predicted molar refractivity (Wildman–Crippen MR) is 243 cm³/mol. The lowest BCUT2D eigenvalue weighted by molar-refractivity contribution is 0.666. The first-order chi connectivity index (χ1) is 27.4. The quantitative estimate of drug-likeness (QED) is 0.170. The van der Waals surface area contributed by atoms with Gasteiger partial charge in [-0.25, -0.2) is 0 Å². The maximum Gasteiger partial charge on any atom is 0.0541 e. The number of allylic oxidation sites excluding steroid dienone is 9. The van der Waals surface area contributed by atoms with Gasteiger partial charge >= 0.3 is 0 Å². The second-order valence-electron chi connectivity index (χ2n) is 15.8. The number of fused-ring (bicyclic) bond motifs is 11. The van der Waals surface area contributed by atoms with Crippen molar-refractivity contribution in [2.45, 2.75) is 25.7 Å². The molecule has 56 heavy (non-hydrogen) atoms. The van der Waals surface area contributed by atoms with Gasteiger partial charge in [-0.1, -0.05) is 142 Å². The van der Waals surface area contributed by atoms with Crippen molar-refractivity contribution >= 4 is 69.7 Å². The fourth-order valence-corrected chi connectivity index (χ4v) is 10.5. The molecule has 266 valence electrons. The minimum Gasteiger partial charge on any atom is -0.309 e. The Kier molecular flexibility index (Phi) is 7.36. The molecule has 0 N–H and O–H groups in total. The minimum atomic E-state index is -0.165. The van der Waals surface area contributed by atoms with Gasteiger partial charge in [-0.05, 0) is 122 Å².